The molecular weight excluding hydrogens is 236 g/mol. The van der Waals surface area contributed by atoms with Crippen LogP contribution in [0.1, 0.15) is 66.7 Å². The number of fused-ring (bicyclic) bond motifs is 2. The van der Waals surface area contributed by atoms with Gasteiger partial charge in [0.1, 0.15) is 0 Å². The normalized spacial score (nSPS) is 36.1. The minimum Gasteiger partial charge on any atom is -0.338 e. The van der Waals surface area contributed by atoms with Crippen LogP contribution in [0.15, 0.2) is 0 Å². The van der Waals surface area contributed by atoms with E-state index in [-0.39, 0.29) is 5.91 Å². The van der Waals surface area contributed by atoms with E-state index < -0.39 is 5.54 Å². The quantitative estimate of drug-likeness (QED) is 0.853. The molecule has 1 amide bonds. The molecule has 3 atom stereocenters. The highest BCUT2D eigenvalue weighted by Crippen LogP contribution is 2.52. The van der Waals surface area contributed by atoms with Gasteiger partial charge in [0, 0.05) is 12.6 Å². The van der Waals surface area contributed by atoms with E-state index in [1.165, 1.54) is 6.42 Å². The summed E-state index contributed by atoms with van der Waals surface area (Å²) < 4.78 is 0. The summed E-state index contributed by atoms with van der Waals surface area (Å²) in [5.74, 6) is 0.167. The molecule has 2 bridgehead atoms. The average Bonchev–Trinajstić information content (AvgIpc) is 2.46. The number of carbonyl (C=O) groups is 1. The van der Waals surface area contributed by atoms with Crippen molar-refractivity contribution in [2.75, 3.05) is 6.54 Å². The zero-order valence-corrected chi connectivity index (χ0v) is 13.3. The Labute approximate surface area is 117 Å². The second-order valence-corrected chi connectivity index (χ2v) is 8.31. The summed E-state index contributed by atoms with van der Waals surface area (Å²) >= 11 is 0. The maximum absolute atomic E-state index is 12.8. The molecule has 3 heteroatoms. The van der Waals surface area contributed by atoms with E-state index in [0.717, 1.165) is 32.2 Å². The number of hydrogen-bond acceptors (Lipinski definition) is 2. The average molecular weight is 266 g/mol. The first-order chi connectivity index (χ1) is 8.59. The van der Waals surface area contributed by atoms with Crippen LogP contribution in [0.25, 0.3) is 0 Å². The third-order valence-electron chi connectivity index (χ3n) is 4.93. The van der Waals surface area contributed by atoms with Crippen molar-refractivity contribution >= 4 is 5.91 Å². The van der Waals surface area contributed by atoms with E-state index in [1.54, 1.807) is 0 Å². The first-order valence-electron chi connectivity index (χ1n) is 7.69. The summed E-state index contributed by atoms with van der Waals surface area (Å²) in [7, 11) is 0. The van der Waals surface area contributed by atoms with Gasteiger partial charge in [-0.25, -0.2) is 0 Å². The van der Waals surface area contributed by atoms with Gasteiger partial charge in [0.15, 0.2) is 0 Å². The minimum absolute atomic E-state index is 0.167. The van der Waals surface area contributed by atoms with Gasteiger partial charge in [0.2, 0.25) is 5.91 Å². The Balaban J connectivity index is 2.18. The summed E-state index contributed by atoms with van der Waals surface area (Å²) in [6, 6.07) is 0.404. The van der Waals surface area contributed by atoms with Gasteiger partial charge in [-0.15, -0.1) is 0 Å². The first-order valence-corrected chi connectivity index (χ1v) is 7.69. The lowest BCUT2D eigenvalue weighted by molar-refractivity contribution is -0.137. The smallest absolute Gasteiger partial charge is 0.242 e. The number of likely N-dealkylation sites (tertiary alicyclic amines) is 1. The van der Waals surface area contributed by atoms with E-state index in [4.69, 9.17) is 5.73 Å². The van der Waals surface area contributed by atoms with Crippen molar-refractivity contribution in [3.8, 4) is 0 Å². The van der Waals surface area contributed by atoms with Gasteiger partial charge in [-0.05, 0) is 43.4 Å². The maximum Gasteiger partial charge on any atom is 0.242 e. The number of nitrogens with two attached hydrogens (primary N) is 1. The monoisotopic (exact) mass is 266 g/mol. The summed E-state index contributed by atoms with van der Waals surface area (Å²) in [4.78, 5) is 14.9. The molecule has 2 rings (SSSR count). The van der Waals surface area contributed by atoms with Gasteiger partial charge in [0.25, 0.3) is 0 Å². The van der Waals surface area contributed by atoms with Crippen LogP contribution >= 0.6 is 0 Å². The first kappa shape index (κ1) is 14.8. The highest BCUT2D eigenvalue weighted by Gasteiger charge is 2.52. The van der Waals surface area contributed by atoms with Crippen molar-refractivity contribution in [2.24, 2.45) is 16.6 Å². The molecule has 0 aromatic carbocycles. The van der Waals surface area contributed by atoms with Crippen LogP contribution in [-0.2, 0) is 4.79 Å². The number of carbonyl (C=O) groups excluding carboxylic acids is 1. The molecule has 1 saturated carbocycles. The highest BCUT2D eigenvalue weighted by molar-refractivity contribution is 5.86. The van der Waals surface area contributed by atoms with Crippen molar-refractivity contribution in [1.82, 2.24) is 4.90 Å². The van der Waals surface area contributed by atoms with Crippen molar-refractivity contribution in [1.29, 1.82) is 0 Å². The van der Waals surface area contributed by atoms with E-state index in [9.17, 15) is 4.79 Å². The zero-order chi connectivity index (χ0) is 14.5. The molecule has 1 aliphatic carbocycles. The third-order valence-corrected chi connectivity index (χ3v) is 4.93. The molecule has 0 aromatic rings. The Kier molecular flexibility index (Phi) is 3.49. The zero-order valence-electron chi connectivity index (χ0n) is 13.3. The Morgan fingerprint density at radius 2 is 2.00 bits per heavy atom. The number of rotatable bonds is 3. The lowest BCUT2D eigenvalue weighted by Gasteiger charge is -2.40. The Morgan fingerprint density at radius 1 is 1.37 bits per heavy atom. The molecular formula is C16H30N2O. The van der Waals surface area contributed by atoms with Crippen molar-refractivity contribution in [3.05, 3.63) is 0 Å². The Morgan fingerprint density at radius 3 is 2.58 bits per heavy atom. The minimum atomic E-state index is -0.688. The number of amides is 1. The van der Waals surface area contributed by atoms with Gasteiger partial charge in [-0.3, -0.25) is 4.79 Å². The van der Waals surface area contributed by atoms with Crippen LogP contribution < -0.4 is 5.73 Å². The predicted molar refractivity (Wildman–Crippen MR) is 78.7 cm³/mol. The Hall–Kier alpha value is -0.570. The molecule has 19 heavy (non-hydrogen) atoms. The van der Waals surface area contributed by atoms with Crippen molar-refractivity contribution in [2.45, 2.75) is 78.3 Å². The van der Waals surface area contributed by atoms with Crippen molar-refractivity contribution < 1.29 is 4.79 Å². The second-order valence-electron chi connectivity index (χ2n) is 8.31. The molecule has 2 fully saturated rings. The molecule has 3 nitrogen and oxygen atoms in total. The number of hydrogen-bond donors (Lipinski definition) is 1. The Bertz CT molecular complexity index is 375. The third kappa shape index (κ3) is 2.81. The predicted octanol–water partition coefficient (Wildman–Crippen LogP) is 2.93. The summed E-state index contributed by atoms with van der Waals surface area (Å²) in [6.45, 7) is 11.9. The van der Waals surface area contributed by atoms with E-state index >= 15 is 0 Å². The molecule has 0 spiro atoms. The van der Waals surface area contributed by atoms with Crippen LogP contribution in [0.2, 0.25) is 0 Å². The topological polar surface area (TPSA) is 46.3 Å². The van der Waals surface area contributed by atoms with E-state index in [1.807, 2.05) is 6.92 Å². The maximum atomic E-state index is 12.8. The summed E-state index contributed by atoms with van der Waals surface area (Å²) in [6.07, 6.45) is 5.23. The fourth-order valence-corrected chi connectivity index (χ4v) is 4.65. The van der Waals surface area contributed by atoms with Gasteiger partial charge in [-0.1, -0.05) is 34.1 Å². The van der Waals surface area contributed by atoms with Crippen LogP contribution in [-0.4, -0.2) is 28.9 Å². The molecule has 3 unspecified atom stereocenters. The standard InChI is InChI=1S/C16H30N2O/c1-6-7-16(5,17)13(19)18-11-15(4)9-12(18)8-14(2,3)10-15/h12H,6-11,17H2,1-5H3. The summed E-state index contributed by atoms with van der Waals surface area (Å²) in [5.41, 5.74) is 6.21. The lowest BCUT2D eigenvalue weighted by Crippen LogP contribution is -2.54. The molecule has 1 heterocycles. The SMILES string of the molecule is CCCC(C)(N)C(=O)N1CC2(C)CC1CC(C)(C)C2. The molecule has 1 aliphatic heterocycles. The van der Waals surface area contributed by atoms with Crippen LogP contribution in [0.5, 0.6) is 0 Å². The van der Waals surface area contributed by atoms with E-state index in [2.05, 4.69) is 32.6 Å². The van der Waals surface area contributed by atoms with Crippen molar-refractivity contribution in [3.63, 3.8) is 0 Å². The molecule has 0 aromatic heterocycles. The molecule has 2 N–H and O–H groups in total. The van der Waals surface area contributed by atoms with Gasteiger partial charge in [0.05, 0.1) is 5.54 Å². The molecule has 1 saturated heterocycles. The number of nitrogens with zero attached hydrogens (tertiary/aromatic N) is 1. The fourth-order valence-electron chi connectivity index (χ4n) is 4.65. The lowest BCUT2D eigenvalue weighted by atomic mass is 9.65. The fraction of sp³-hybridized carbons (Fsp3) is 0.938. The van der Waals surface area contributed by atoms with Crippen LogP contribution in [0, 0.1) is 10.8 Å². The van der Waals surface area contributed by atoms with Crippen LogP contribution in [0.3, 0.4) is 0 Å². The molecule has 110 valence electrons. The van der Waals surface area contributed by atoms with Gasteiger partial charge in [-0.2, -0.15) is 0 Å². The van der Waals surface area contributed by atoms with Crippen LogP contribution in [0.4, 0.5) is 0 Å². The highest BCUT2D eigenvalue weighted by atomic mass is 16.2. The molecule has 0 radical (unpaired) electrons. The van der Waals surface area contributed by atoms with Gasteiger partial charge >= 0.3 is 0 Å². The second kappa shape index (κ2) is 4.47. The largest absolute Gasteiger partial charge is 0.338 e. The summed E-state index contributed by atoms with van der Waals surface area (Å²) in [5, 5.41) is 0. The van der Waals surface area contributed by atoms with Gasteiger partial charge < -0.3 is 10.6 Å². The van der Waals surface area contributed by atoms with E-state index in [0.29, 0.717) is 16.9 Å². The molecule has 2 aliphatic rings.